The van der Waals surface area contributed by atoms with Crippen LogP contribution in [-0.2, 0) is 6.61 Å². The van der Waals surface area contributed by atoms with Crippen molar-refractivity contribution in [2.45, 2.75) is 13.5 Å². The summed E-state index contributed by atoms with van der Waals surface area (Å²) in [4.78, 5) is 34.9. The highest BCUT2D eigenvalue weighted by atomic mass is 16.4. The summed E-state index contributed by atoms with van der Waals surface area (Å²) in [6, 6.07) is 6.05. The Morgan fingerprint density at radius 1 is 1.31 bits per heavy atom. The van der Waals surface area contributed by atoms with Gasteiger partial charge in [0, 0.05) is 17.1 Å². The molecule has 1 aromatic carbocycles. The lowest BCUT2D eigenvalue weighted by molar-refractivity contribution is 0.0697. The quantitative estimate of drug-likeness (QED) is 0.516. The summed E-state index contributed by atoms with van der Waals surface area (Å²) >= 11 is 0. The lowest BCUT2D eigenvalue weighted by Gasteiger charge is -2.06. The van der Waals surface area contributed by atoms with Gasteiger partial charge < -0.3 is 19.6 Å². The molecule has 0 unspecified atom stereocenters. The second kappa shape index (κ2) is 5.78. The maximum atomic E-state index is 12.4. The number of aryl methyl sites for hydroxylation is 1. The first-order chi connectivity index (χ1) is 12.5. The summed E-state index contributed by atoms with van der Waals surface area (Å²) in [5, 5.41) is 19.2. The fourth-order valence-electron chi connectivity index (χ4n) is 2.84. The highest BCUT2D eigenvalue weighted by molar-refractivity contribution is 5.93. The first-order valence-corrected chi connectivity index (χ1v) is 7.74. The predicted octanol–water partition coefficient (Wildman–Crippen LogP) is 2.23. The van der Waals surface area contributed by atoms with E-state index in [-0.39, 0.29) is 23.6 Å². The molecule has 0 radical (unpaired) electrons. The lowest BCUT2D eigenvalue weighted by atomic mass is 10.1. The van der Waals surface area contributed by atoms with Crippen molar-refractivity contribution in [3.8, 4) is 11.4 Å². The molecule has 0 amide bonds. The smallest absolute Gasteiger partial charge is 0.347 e. The molecule has 8 nitrogen and oxygen atoms in total. The van der Waals surface area contributed by atoms with Gasteiger partial charge in [0.1, 0.15) is 11.4 Å². The van der Waals surface area contributed by atoms with E-state index in [1.807, 2.05) is 0 Å². The fourth-order valence-corrected chi connectivity index (χ4v) is 2.84. The Hall–Kier alpha value is -3.52. The number of benzene rings is 1. The van der Waals surface area contributed by atoms with Crippen LogP contribution in [0.1, 0.15) is 21.6 Å². The van der Waals surface area contributed by atoms with Crippen LogP contribution in [0.15, 0.2) is 39.7 Å². The van der Waals surface area contributed by atoms with Gasteiger partial charge in [-0.1, -0.05) is 0 Å². The summed E-state index contributed by atoms with van der Waals surface area (Å²) in [6.07, 6.45) is 1.53. The van der Waals surface area contributed by atoms with Gasteiger partial charge in [-0.2, -0.15) is 0 Å². The van der Waals surface area contributed by atoms with Crippen LogP contribution in [0.2, 0.25) is 0 Å². The molecule has 3 aromatic heterocycles. The number of aromatic carboxylic acids is 1. The normalized spacial score (nSPS) is 11.3. The number of aliphatic hydroxyl groups excluding tert-OH is 1. The Morgan fingerprint density at radius 3 is 2.85 bits per heavy atom. The summed E-state index contributed by atoms with van der Waals surface area (Å²) in [6.45, 7) is 1.46. The van der Waals surface area contributed by atoms with E-state index in [1.54, 1.807) is 19.1 Å². The van der Waals surface area contributed by atoms with E-state index in [9.17, 15) is 14.7 Å². The molecule has 3 heterocycles. The number of hydrogen-bond acceptors (Lipinski definition) is 6. The van der Waals surface area contributed by atoms with Gasteiger partial charge in [-0.25, -0.2) is 14.6 Å². The van der Waals surface area contributed by atoms with Gasteiger partial charge in [-0.05, 0) is 31.2 Å². The summed E-state index contributed by atoms with van der Waals surface area (Å²) < 4.78 is 5.40. The second-order valence-electron chi connectivity index (χ2n) is 5.84. The Bertz CT molecular complexity index is 1240. The van der Waals surface area contributed by atoms with Gasteiger partial charge in [-0.3, -0.25) is 4.98 Å². The number of pyridine rings is 1. The Balaban J connectivity index is 1.96. The third-order valence-corrected chi connectivity index (χ3v) is 4.19. The van der Waals surface area contributed by atoms with Crippen molar-refractivity contribution in [1.82, 2.24) is 15.0 Å². The zero-order valence-electron chi connectivity index (χ0n) is 13.6. The first-order valence-electron chi connectivity index (χ1n) is 7.74. The van der Waals surface area contributed by atoms with Crippen LogP contribution in [0, 0.1) is 6.92 Å². The van der Waals surface area contributed by atoms with E-state index >= 15 is 0 Å². The van der Waals surface area contributed by atoms with Crippen molar-refractivity contribution in [3.63, 3.8) is 0 Å². The molecule has 26 heavy (non-hydrogen) atoms. The van der Waals surface area contributed by atoms with Gasteiger partial charge in [0.2, 0.25) is 0 Å². The monoisotopic (exact) mass is 351 g/mol. The highest BCUT2D eigenvalue weighted by Crippen LogP contribution is 2.25. The van der Waals surface area contributed by atoms with E-state index in [0.717, 1.165) is 0 Å². The number of aromatic amines is 1. The molecule has 4 aromatic rings. The van der Waals surface area contributed by atoms with E-state index in [4.69, 9.17) is 9.52 Å². The van der Waals surface area contributed by atoms with E-state index in [0.29, 0.717) is 33.3 Å². The number of carboxylic acids is 1. The zero-order chi connectivity index (χ0) is 18.4. The average Bonchev–Trinajstić information content (AvgIpc) is 3.05. The molecule has 0 saturated carbocycles. The van der Waals surface area contributed by atoms with E-state index in [1.165, 1.54) is 18.3 Å². The van der Waals surface area contributed by atoms with Gasteiger partial charge >= 0.3 is 11.6 Å². The van der Waals surface area contributed by atoms with Gasteiger partial charge in [0.25, 0.3) is 0 Å². The molecule has 3 N–H and O–H groups in total. The minimum Gasteiger partial charge on any atom is -0.478 e. The molecule has 0 aliphatic rings. The molecule has 0 aliphatic heterocycles. The van der Waals surface area contributed by atoms with Gasteiger partial charge in [0.05, 0.1) is 28.9 Å². The Morgan fingerprint density at radius 2 is 2.12 bits per heavy atom. The van der Waals surface area contributed by atoms with Crippen LogP contribution >= 0.6 is 0 Å². The topological polar surface area (TPSA) is 129 Å². The van der Waals surface area contributed by atoms with Crippen molar-refractivity contribution < 1.29 is 19.4 Å². The second-order valence-corrected chi connectivity index (χ2v) is 5.84. The maximum absolute atomic E-state index is 12.4. The number of H-pyrrole nitrogens is 1. The van der Waals surface area contributed by atoms with Crippen LogP contribution in [0.5, 0.6) is 0 Å². The molecule has 130 valence electrons. The Labute approximate surface area is 145 Å². The van der Waals surface area contributed by atoms with Crippen molar-refractivity contribution in [2.24, 2.45) is 0 Å². The number of fused-ring (bicyclic) bond motifs is 2. The minimum atomic E-state index is -1.05. The molecule has 0 fully saturated rings. The number of hydrogen-bond donors (Lipinski definition) is 3. The summed E-state index contributed by atoms with van der Waals surface area (Å²) in [5.74, 6) is -0.791. The molecule has 0 aliphatic carbocycles. The van der Waals surface area contributed by atoms with Crippen molar-refractivity contribution in [1.29, 1.82) is 0 Å². The molecule has 0 atom stereocenters. The number of carbonyl (C=O) groups is 1. The summed E-state index contributed by atoms with van der Waals surface area (Å²) in [7, 11) is 0. The first kappa shape index (κ1) is 16.0. The number of aromatic nitrogens is 3. The van der Waals surface area contributed by atoms with E-state index < -0.39 is 11.6 Å². The van der Waals surface area contributed by atoms with Crippen LogP contribution in [0.25, 0.3) is 33.4 Å². The fraction of sp³-hybridized carbons (Fsp3) is 0.111. The largest absolute Gasteiger partial charge is 0.478 e. The highest BCUT2D eigenvalue weighted by Gasteiger charge is 2.16. The standard InChI is InChI=1S/C18H13N3O5/c1-8-15-11(10(7-22)6-19-8)5-12(18(25)26-15)16-20-13-3-2-9(17(23)24)4-14(13)21-16/h2-6,22H,7H2,1H3,(H,20,21)(H,23,24). The van der Waals surface area contributed by atoms with Crippen LogP contribution in [0.3, 0.4) is 0 Å². The van der Waals surface area contributed by atoms with Gasteiger partial charge in [0.15, 0.2) is 5.58 Å². The number of carboxylic acid groups (broad SMARTS) is 1. The minimum absolute atomic E-state index is 0.113. The molecular weight excluding hydrogens is 338 g/mol. The summed E-state index contributed by atoms with van der Waals surface area (Å²) in [5.41, 5.74) is 2.10. The van der Waals surface area contributed by atoms with Crippen molar-refractivity contribution in [3.05, 3.63) is 57.7 Å². The molecular formula is C18H13N3O5. The number of aliphatic hydroxyl groups is 1. The third kappa shape index (κ3) is 2.44. The Kier molecular flexibility index (Phi) is 3.55. The zero-order valence-corrected chi connectivity index (χ0v) is 13.6. The molecule has 8 heteroatoms. The molecule has 0 bridgehead atoms. The lowest BCUT2D eigenvalue weighted by Crippen LogP contribution is -2.06. The average molecular weight is 351 g/mol. The number of nitrogens with zero attached hydrogens (tertiary/aromatic N) is 2. The maximum Gasteiger partial charge on any atom is 0.347 e. The van der Waals surface area contributed by atoms with Crippen molar-refractivity contribution in [2.75, 3.05) is 0 Å². The van der Waals surface area contributed by atoms with Crippen LogP contribution < -0.4 is 5.63 Å². The van der Waals surface area contributed by atoms with Crippen molar-refractivity contribution >= 4 is 28.0 Å². The molecule has 4 rings (SSSR count). The molecule has 0 spiro atoms. The van der Waals surface area contributed by atoms with E-state index in [2.05, 4.69) is 15.0 Å². The van der Waals surface area contributed by atoms with Gasteiger partial charge in [-0.15, -0.1) is 0 Å². The molecule has 0 saturated heterocycles. The van der Waals surface area contributed by atoms with Crippen LogP contribution in [-0.4, -0.2) is 31.1 Å². The third-order valence-electron chi connectivity index (χ3n) is 4.19. The predicted molar refractivity (Wildman–Crippen MR) is 93.0 cm³/mol. The SMILES string of the molecule is Cc1ncc(CO)c2cc(-c3nc4ccc(C(=O)O)cc4[nH]3)c(=O)oc12. The van der Waals surface area contributed by atoms with Crippen LogP contribution in [0.4, 0.5) is 0 Å². The number of imidazole rings is 1. The number of nitrogens with one attached hydrogen (secondary N) is 1. The number of rotatable bonds is 3.